The van der Waals surface area contributed by atoms with Crippen molar-refractivity contribution in [3.8, 4) is 0 Å². The summed E-state index contributed by atoms with van der Waals surface area (Å²) >= 11 is 6.67. The highest BCUT2D eigenvalue weighted by atomic mass is 35.5. The summed E-state index contributed by atoms with van der Waals surface area (Å²) in [4.78, 5) is 17.5. The zero-order chi connectivity index (χ0) is 23.3. The van der Waals surface area contributed by atoms with E-state index in [4.69, 9.17) is 16.3 Å². The van der Waals surface area contributed by atoms with E-state index in [1.54, 1.807) is 17.1 Å². The van der Waals surface area contributed by atoms with Gasteiger partial charge in [-0.2, -0.15) is 5.10 Å². The third-order valence-corrected chi connectivity index (χ3v) is 6.48. The number of hydrogen-bond acceptors (Lipinski definition) is 5. The minimum Gasteiger partial charge on any atom is -0.462 e. The normalized spacial score (nSPS) is 14.1. The molecule has 1 fully saturated rings. The molecule has 1 N–H and O–H groups in total. The molecule has 5 rings (SSSR count). The molecule has 6 nitrogen and oxygen atoms in total. The summed E-state index contributed by atoms with van der Waals surface area (Å²) in [6.07, 6.45) is 6.42. The number of rotatable bonds is 10. The van der Waals surface area contributed by atoms with Gasteiger partial charge in [0.1, 0.15) is 5.56 Å². The first-order valence-corrected chi connectivity index (χ1v) is 12.1. The van der Waals surface area contributed by atoms with Gasteiger partial charge in [-0.25, -0.2) is 14.5 Å². The van der Waals surface area contributed by atoms with Gasteiger partial charge >= 0.3 is 5.97 Å². The van der Waals surface area contributed by atoms with Gasteiger partial charge in [0.05, 0.1) is 35.8 Å². The fourth-order valence-corrected chi connectivity index (χ4v) is 4.23. The molecular formula is C27H27ClN4O2. The Bertz CT molecular complexity index is 1260. The number of hydrogen-bond donors (Lipinski definition) is 1. The second kappa shape index (κ2) is 10.3. The fraction of sp³-hybridized carbons (Fsp3) is 0.296. The van der Waals surface area contributed by atoms with Crippen molar-refractivity contribution in [2.45, 2.75) is 31.2 Å². The largest absolute Gasteiger partial charge is 0.462 e. The number of ether oxygens (including phenoxy) is 1. The summed E-state index contributed by atoms with van der Waals surface area (Å²) in [5.41, 5.74) is 4.07. The van der Waals surface area contributed by atoms with Gasteiger partial charge in [0, 0.05) is 12.7 Å². The molecule has 1 atom stereocenters. The van der Waals surface area contributed by atoms with Crippen molar-refractivity contribution in [1.82, 2.24) is 14.8 Å². The van der Waals surface area contributed by atoms with Gasteiger partial charge < -0.3 is 10.1 Å². The van der Waals surface area contributed by atoms with E-state index in [2.05, 4.69) is 27.5 Å². The minimum atomic E-state index is -0.351. The van der Waals surface area contributed by atoms with Crippen LogP contribution in [0.4, 0.5) is 5.69 Å². The van der Waals surface area contributed by atoms with Crippen molar-refractivity contribution in [2.75, 3.05) is 18.5 Å². The topological polar surface area (TPSA) is 69.0 Å². The molecule has 174 valence electrons. The van der Waals surface area contributed by atoms with Crippen LogP contribution in [0.3, 0.4) is 0 Å². The molecule has 2 aromatic carbocycles. The molecule has 1 aliphatic rings. The highest BCUT2D eigenvalue weighted by Crippen LogP contribution is 2.31. The molecule has 2 aromatic heterocycles. The van der Waals surface area contributed by atoms with E-state index in [1.165, 1.54) is 5.56 Å². The molecule has 1 unspecified atom stereocenters. The van der Waals surface area contributed by atoms with Crippen molar-refractivity contribution in [3.63, 3.8) is 0 Å². The van der Waals surface area contributed by atoms with Gasteiger partial charge in [-0.05, 0) is 36.3 Å². The zero-order valence-electron chi connectivity index (χ0n) is 18.9. The molecule has 0 amide bonds. The third kappa shape index (κ3) is 5.23. The molecule has 2 heterocycles. The van der Waals surface area contributed by atoms with E-state index in [1.807, 2.05) is 48.5 Å². The Morgan fingerprint density at radius 1 is 1.09 bits per heavy atom. The molecule has 0 aliphatic heterocycles. The standard InChI is InChI=1S/C27H27ClN4O2/c28-24(21-9-5-2-6-10-21)17-32-26-22(16-31-32)25(29-14-13-19-7-3-1-4-8-19)23(15-30-26)27(33)34-18-20-11-12-20/h1-10,15-16,20,24H,11-14,17-18H2,(H,29,30). The molecule has 1 aliphatic carbocycles. The van der Waals surface area contributed by atoms with Crippen LogP contribution in [0.5, 0.6) is 0 Å². The monoisotopic (exact) mass is 474 g/mol. The summed E-state index contributed by atoms with van der Waals surface area (Å²) in [6.45, 7) is 1.60. The SMILES string of the molecule is O=C(OCC1CC1)c1cnc2c(cnn2CC(Cl)c2ccccc2)c1NCCc1ccccc1. The summed E-state index contributed by atoms with van der Waals surface area (Å²) < 4.78 is 7.36. The molecule has 7 heteroatoms. The van der Waals surface area contributed by atoms with Gasteiger partial charge in [-0.3, -0.25) is 0 Å². The Hall–Kier alpha value is -3.38. The molecule has 4 aromatic rings. The average molecular weight is 475 g/mol. The Morgan fingerprint density at radius 3 is 2.56 bits per heavy atom. The first kappa shape index (κ1) is 22.4. The number of halogens is 1. The fourth-order valence-electron chi connectivity index (χ4n) is 3.96. The smallest absolute Gasteiger partial charge is 0.341 e. The molecule has 0 spiro atoms. The molecular weight excluding hydrogens is 448 g/mol. The van der Waals surface area contributed by atoms with E-state index in [0.717, 1.165) is 30.2 Å². The maximum atomic E-state index is 12.9. The highest BCUT2D eigenvalue weighted by Gasteiger charge is 2.25. The number of benzene rings is 2. The summed E-state index contributed by atoms with van der Waals surface area (Å²) in [6, 6.07) is 20.2. The zero-order valence-corrected chi connectivity index (χ0v) is 19.6. The van der Waals surface area contributed by atoms with Crippen molar-refractivity contribution in [2.24, 2.45) is 5.92 Å². The highest BCUT2D eigenvalue weighted by molar-refractivity contribution is 6.20. The summed E-state index contributed by atoms with van der Waals surface area (Å²) in [5, 5.41) is 8.55. The minimum absolute atomic E-state index is 0.247. The van der Waals surface area contributed by atoms with Gasteiger partial charge in [0.2, 0.25) is 0 Å². The number of nitrogens with one attached hydrogen (secondary N) is 1. The molecule has 0 saturated heterocycles. The molecule has 0 radical (unpaired) electrons. The maximum absolute atomic E-state index is 12.9. The lowest BCUT2D eigenvalue weighted by Gasteiger charge is -2.14. The van der Waals surface area contributed by atoms with Gasteiger partial charge in [-0.1, -0.05) is 60.7 Å². The van der Waals surface area contributed by atoms with E-state index < -0.39 is 0 Å². The van der Waals surface area contributed by atoms with Crippen LogP contribution in [-0.2, 0) is 17.7 Å². The number of carbonyl (C=O) groups excluding carboxylic acids is 1. The number of carbonyl (C=O) groups is 1. The lowest BCUT2D eigenvalue weighted by Crippen LogP contribution is -2.14. The van der Waals surface area contributed by atoms with Crippen molar-refractivity contribution in [3.05, 3.63) is 89.7 Å². The number of pyridine rings is 1. The van der Waals surface area contributed by atoms with Crippen LogP contribution in [0.2, 0.25) is 0 Å². The third-order valence-electron chi connectivity index (χ3n) is 6.09. The number of aromatic nitrogens is 3. The molecule has 1 saturated carbocycles. The van der Waals surface area contributed by atoms with Crippen LogP contribution >= 0.6 is 11.6 Å². The van der Waals surface area contributed by atoms with Crippen LogP contribution in [0.25, 0.3) is 11.0 Å². The first-order chi connectivity index (χ1) is 16.7. The number of nitrogens with zero attached hydrogens (tertiary/aromatic N) is 3. The molecule has 0 bridgehead atoms. The predicted octanol–water partition coefficient (Wildman–Crippen LogP) is 5.63. The van der Waals surface area contributed by atoms with E-state index in [9.17, 15) is 4.79 Å². The average Bonchev–Trinajstić information content (AvgIpc) is 3.63. The summed E-state index contributed by atoms with van der Waals surface area (Å²) in [7, 11) is 0. The Kier molecular flexibility index (Phi) is 6.77. The van der Waals surface area contributed by atoms with Crippen molar-refractivity contribution in [1.29, 1.82) is 0 Å². The number of esters is 1. The van der Waals surface area contributed by atoms with E-state index >= 15 is 0 Å². The first-order valence-electron chi connectivity index (χ1n) is 11.7. The maximum Gasteiger partial charge on any atom is 0.341 e. The van der Waals surface area contributed by atoms with Gasteiger partial charge in [-0.15, -0.1) is 11.6 Å². The molecule has 34 heavy (non-hydrogen) atoms. The second-order valence-electron chi connectivity index (χ2n) is 8.69. The van der Waals surface area contributed by atoms with Crippen LogP contribution in [0, 0.1) is 5.92 Å². The Labute approximate surface area is 203 Å². The van der Waals surface area contributed by atoms with Crippen LogP contribution in [0.1, 0.15) is 39.7 Å². The van der Waals surface area contributed by atoms with Crippen molar-refractivity contribution < 1.29 is 9.53 Å². The second-order valence-corrected chi connectivity index (χ2v) is 9.22. The number of alkyl halides is 1. The van der Waals surface area contributed by atoms with Crippen molar-refractivity contribution >= 4 is 34.3 Å². The van der Waals surface area contributed by atoms with E-state index in [0.29, 0.717) is 42.5 Å². The predicted molar refractivity (Wildman–Crippen MR) is 134 cm³/mol. The van der Waals surface area contributed by atoms with Crippen LogP contribution < -0.4 is 5.32 Å². The van der Waals surface area contributed by atoms with E-state index in [-0.39, 0.29) is 11.3 Å². The lowest BCUT2D eigenvalue weighted by molar-refractivity contribution is 0.0487. The Morgan fingerprint density at radius 2 is 1.82 bits per heavy atom. The van der Waals surface area contributed by atoms with Gasteiger partial charge in [0.25, 0.3) is 0 Å². The number of fused-ring (bicyclic) bond motifs is 1. The quantitative estimate of drug-likeness (QED) is 0.238. The summed E-state index contributed by atoms with van der Waals surface area (Å²) in [5.74, 6) is 0.146. The van der Waals surface area contributed by atoms with Gasteiger partial charge in [0.15, 0.2) is 5.65 Å². The van der Waals surface area contributed by atoms with Crippen LogP contribution in [0.15, 0.2) is 73.1 Å². The van der Waals surface area contributed by atoms with Crippen LogP contribution in [-0.4, -0.2) is 33.9 Å². The Balaban J connectivity index is 1.40. The lowest BCUT2D eigenvalue weighted by atomic mass is 10.1. The number of anilines is 1.